The van der Waals surface area contributed by atoms with E-state index in [9.17, 15) is 15.2 Å². The minimum atomic E-state index is -1.75. The summed E-state index contributed by atoms with van der Waals surface area (Å²) in [5.41, 5.74) is 2.11. The molecule has 0 saturated carbocycles. The third-order valence-electron chi connectivity index (χ3n) is 5.33. The summed E-state index contributed by atoms with van der Waals surface area (Å²) in [6.07, 6.45) is 2.11. The number of hydrogen-bond donors (Lipinski definition) is 3. The maximum absolute atomic E-state index is 13.0. The number of aromatic nitrogens is 1. The second-order valence-corrected chi connectivity index (χ2v) is 9.75. The van der Waals surface area contributed by atoms with Gasteiger partial charge in [0.15, 0.2) is 6.04 Å². The van der Waals surface area contributed by atoms with E-state index in [-0.39, 0.29) is 4.75 Å². The minimum absolute atomic E-state index is 0.240. The van der Waals surface area contributed by atoms with Crippen LogP contribution in [0.2, 0.25) is 0 Å². The van der Waals surface area contributed by atoms with Gasteiger partial charge in [-0.1, -0.05) is 44.2 Å². The van der Waals surface area contributed by atoms with E-state index in [0.29, 0.717) is 12.1 Å². The summed E-state index contributed by atoms with van der Waals surface area (Å²) in [7, 11) is 0. The number of pyridine rings is 1. The van der Waals surface area contributed by atoms with Crippen molar-refractivity contribution in [3.8, 4) is 0 Å². The molecule has 1 aliphatic rings. The summed E-state index contributed by atoms with van der Waals surface area (Å²) in [6.45, 7) is 5.98. The first kappa shape index (κ1) is 19.8. The molecular formula is C22H24N3O3S+. The smallest absolute Gasteiger partial charge is 0.269 e. The number of rotatable bonds is 2. The molecule has 29 heavy (non-hydrogen) atoms. The summed E-state index contributed by atoms with van der Waals surface area (Å²) in [5.74, 6) is 0. The normalized spacial score (nSPS) is 18.3. The molecule has 3 aromatic rings. The van der Waals surface area contributed by atoms with Crippen molar-refractivity contribution in [1.82, 2.24) is 4.98 Å². The van der Waals surface area contributed by atoms with Crippen molar-refractivity contribution in [2.45, 2.75) is 42.9 Å². The average Bonchev–Trinajstić information content (AvgIpc) is 2.67. The highest BCUT2D eigenvalue weighted by molar-refractivity contribution is 8.00. The number of carbonyl (C=O) groups is 1. The third kappa shape index (κ3) is 3.62. The quantitative estimate of drug-likeness (QED) is 0.287. The van der Waals surface area contributed by atoms with Crippen LogP contribution < -0.4 is 5.32 Å². The second kappa shape index (κ2) is 7.11. The zero-order valence-corrected chi connectivity index (χ0v) is 17.4. The fraction of sp³-hybridized carbons (Fsp3) is 0.273. The van der Waals surface area contributed by atoms with Gasteiger partial charge in [0.2, 0.25) is 0 Å². The lowest BCUT2D eigenvalue weighted by atomic mass is 9.95. The van der Waals surface area contributed by atoms with Crippen molar-refractivity contribution in [2.24, 2.45) is 0 Å². The molecule has 2 heterocycles. The number of benzene rings is 2. The molecule has 1 aliphatic heterocycles. The van der Waals surface area contributed by atoms with Crippen LogP contribution in [0.5, 0.6) is 0 Å². The summed E-state index contributed by atoms with van der Waals surface area (Å²) in [4.78, 5) is 16.5. The van der Waals surface area contributed by atoms with Gasteiger partial charge in [0, 0.05) is 49.1 Å². The first-order valence-electron chi connectivity index (χ1n) is 9.47. The molecule has 0 saturated heterocycles. The molecule has 6 nitrogen and oxygen atoms in total. The molecule has 150 valence electrons. The van der Waals surface area contributed by atoms with Crippen LogP contribution >= 0.6 is 11.8 Å². The maximum Gasteiger partial charge on any atom is 0.487 e. The lowest BCUT2D eigenvalue weighted by Crippen LogP contribution is -2.54. The number of anilines is 1. The number of fused-ring (bicyclic) bond motifs is 2. The number of nitrogens with one attached hydrogen (secondary N) is 1. The summed E-state index contributed by atoms with van der Waals surface area (Å²) < 4.78 is -0.240. The number of nitrogens with zero attached hydrogens (tertiary/aromatic N) is 2. The van der Waals surface area contributed by atoms with Crippen molar-refractivity contribution in [3.63, 3.8) is 0 Å². The summed E-state index contributed by atoms with van der Waals surface area (Å²) in [5, 5.41) is 26.3. The molecule has 0 fully saturated rings. The minimum Gasteiger partial charge on any atom is -0.269 e. The standard InChI is InChI=1S/C22H23N3O3S/c1-14-15-8-6-9-18(16(15)11-12-23-14)24-21(26)25(27,28)19-13-22(2,3)29-20-10-5-4-7-17(19)20/h4-12,19,27-28H,13H2,1-3H3/p+1. The molecule has 0 aliphatic carbocycles. The molecule has 4 rings (SSSR count). The predicted molar refractivity (Wildman–Crippen MR) is 113 cm³/mol. The van der Waals surface area contributed by atoms with Gasteiger partial charge in [-0.25, -0.2) is 0 Å². The lowest BCUT2D eigenvalue weighted by molar-refractivity contribution is -1.21. The van der Waals surface area contributed by atoms with Gasteiger partial charge in [0.1, 0.15) is 0 Å². The predicted octanol–water partition coefficient (Wildman–Crippen LogP) is 5.69. The number of thioether (sulfide) groups is 1. The van der Waals surface area contributed by atoms with Gasteiger partial charge in [0.25, 0.3) is 0 Å². The molecule has 2 amide bonds. The first-order valence-corrected chi connectivity index (χ1v) is 10.3. The Balaban J connectivity index is 1.70. The number of amides is 2. The van der Waals surface area contributed by atoms with E-state index in [1.54, 1.807) is 30.1 Å². The molecule has 1 aromatic heterocycles. The van der Waals surface area contributed by atoms with Gasteiger partial charge in [-0.05, 0) is 25.1 Å². The van der Waals surface area contributed by atoms with Crippen molar-refractivity contribution in [3.05, 3.63) is 66.0 Å². The lowest BCUT2D eigenvalue weighted by Gasteiger charge is -2.38. The Kier molecular flexibility index (Phi) is 4.86. The van der Waals surface area contributed by atoms with E-state index in [1.807, 2.05) is 57.2 Å². The largest absolute Gasteiger partial charge is 0.487 e. The van der Waals surface area contributed by atoms with Gasteiger partial charge >= 0.3 is 6.03 Å². The van der Waals surface area contributed by atoms with Crippen LogP contribution in [-0.4, -0.2) is 31.0 Å². The Bertz CT molecular complexity index is 1100. The molecule has 0 bridgehead atoms. The summed E-state index contributed by atoms with van der Waals surface area (Å²) in [6, 6.07) is 13.2. The Morgan fingerprint density at radius 1 is 1.14 bits per heavy atom. The van der Waals surface area contributed by atoms with Crippen LogP contribution in [0.3, 0.4) is 0 Å². The average molecular weight is 411 g/mol. The van der Waals surface area contributed by atoms with Crippen LogP contribution in [0.25, 0.3) is 10.8 Å². The third-order valence-corrected chi connectivity index (χ3v) is 6.64. The first-order chi connectivity index (χ1) is 13.7. The van der Waals surface area contributed by atoms with Gasteiger partial charge in [-0.15, -0.1) is 11.8 Å². The van der Waals surface area contributed by atoms with Gasteiger partial charge in [-0.2, -0.15) is 15.2 Å². The zero-order chi connectivity index (χ0) is 20.8. The van der Waals surface area contributed by atoms with Crippen LogP contribution in [0, 0.1) is 6.92 Å². The van der Waals surface area contributed by atoms with Crippen molar-refractivity contribution >= 4 is 34.3 Å². The molecule has 3 N–H and O–H groups in total. The fourth-order valence-corrected chi connectivity index (χ4v) is 5.19. The molecule has 0 spiro atoms. The number of hydrogen-bond acceptors (Lipinski definition) is 5. The maximum atomic E-state index is 13.0. The molecule has 2 aromatic carbocycles. The summed E-state index contributed by atoms with van der Waals surface area (Å²) >= 11 is 1.68. The molecule has 1 atom stereocenters. The van der Waals surface area contributed by atoms with Crippen molar-refractivity contribution in [1.29, 1.82) is 0 Å². The van der Waals surface area contributed by atoms with Crippen LogP contribution in [0.4, 0.5) is 10.5 Å². The number of urea groups is 1. The molecule has 1 unspecified atom stereocenters. The van der Waals surface area contributed by atoms with Gasteiger partial charge < -0.3 is 0 Å². The van der Waals surface area contributed by atoms with Crippen LogP contribution in [0.15, 0.2) is 59.6 Å². The highest BCUT2D eigenvalue weighted by Gasteiger charge is 2.51. The second-order valence-electron chi connectivity index (χ2n) is 8.00. The number of hydroxylamine groups is 4. The molecular weight excluding hydrogens is 386 g/mol. The van der Waals surface area contributed by atoms with E-state index < -0.39 is 16.9 Å². The monoisotopic (exact) mass is 410 g/mol. The Morgan fingerprint density at radius 2 is 1.90 bits per heavy atom. The Morgan fingerprint density at radius 3 is 2.69 bits per heavy atom. The van der Waals surface area contributed by atoms with E-state index in [2.05, 4.69) is 10.3 Å². The Hall–Kier alpha value is -2.45. The zero-order valence-electron chi connectivity index (χ0n) is 16.6. The van der Waals surface area contributed by atoms with E-state index in [1.165, 1.54) is 0 Å². The van der Waals surface area contributed by atoms with Crippen LogP contribution in [-0.2, 0) is 0 Å². The number of quaternary nitrogens is 1. The SMILES string of the molecule is Cc1nccc2c(NC(=O)[N+](O)(O)C3CC(C)(C)Sc4ccccc43)cccc12. The topological polar surface area (TPSA) is 82.5 Å². The van der Waals surface area contributed by atoms with E-state index >= 15 is 0 Å². The molecule has 0 radical (unpaired) electrons. The van der Waals surface area contributed by atoms with Crippen LogP contribution in [0.1, 0.15) is 37.6 Å². The van der Waals surface area contributed by atoms with Crippen molar-refractivity contribution < 1.29 is 20.0 Å². The van der Waals surface area contributed by atoms with Crippen molar-refractivity contribution in [2.75, 3.05) is 5.32 Å². The van der Waals surface area contributed by atoms with E-state index in [0.717, 1.165) is 26.9 Å². The van der Waals surface area contributed by atoms with Gasteiger partial charge in [0.05, 0.1) is 5.69 Å². The van der Waals surface area contributed by atoms with Gasteiger partial charge in [-0.3, -0.25) is 10.3 Å². The highest BCUT2D eigenvalue weighted by Crippen LogP contribution is 2.50. The Labute approximate surface area is 173 Å². The number of carbonyl (C=O) groups excluding carboxylic acids is 1. The fourth-order valence-electron chi connectivity index (χ4n) is 3.89. The molecule has 7 heteroatoms. The highest BCUT2D eigenvalue weighted by atomic mass is 32.2. The number of aryl methyl sites for hydroxylation is 1. The van der Waals surface area contributed by atoms with E-state index in [4.69, 9.17) is 0 Å².